The van der Waals surface area contributed by atoms with Crippen molar-refractivity contribution in [3.8, 4) is 0 Å². The van der Waals surface area contributed by atoms with Crippen LogP contribution in [0.2, 0.25) is 0 Å². The van der Waals surface area contributed by atoms with Crippen LogP contribution in [0.4, 0.5) is 0 Å². The molecule has 0 atom stereocenters. The number of carbonyl (C=O) groups excluding carboxylic acids is 3. The molecule has 0 aromatic heterocycles. The quantitative estimate of drug-likeness (QED) is 0.724. The van der Waals surface area contributed by atoms with Crippen LogP contribution in [0.25, 0.3) is 6.08 Å². The largest absolute Gasteiger partial charge is 0.347 e. The van der Waals surface area contributed by atoms with Gasteiger partial charge in [0, 0.05) is 39.6 Å². The van der Waals surface area contributed by atoms with Crippen molar-refractivity contribution >= 4 is 23.8 Å². The molecule has 0 unspecified atom stereocenters. The van der Waals surface area contributed by atoms with Gasteiger partial charge in [0.15, 0.2) is 0 Å². The molecule has 7 nitrogen and oxygen atoms in total. The molecule has 3 amide bonds. The van der Waals surface area contributed by atoms with E-state index in [9.17, 15) is 14.4 Å². The van der Waals surface area contributed by atoms with Gasteiger partial charge >= 0.3 is 0 Å². The van der Waals surface area contributed by atoms with Gasteiger partial charge in [0.1, 0.15) is 0 Å². The molecule has 1 heterocycles. The summed E-state index contributed by atoms with van der Waals surface area (Å²) in [6.07, 6.45) is 4.23. The number of amides is 3. The SMILES string of the molecule is CC(=O)NCC(=O)NCC(=O)N1CCN(CC=Cc2ccccc2)CC1. The molecule has 1 aromatic rings. The molecule has 2 N–H and O–H groups in total. The molecule has 0 radical (unpaired) electrons. The molecular formula is C19H26N4O3. The van der Waals surface area contributed by atoms with Crippen LogP contribution in [0.5, 0.6) is 0 Å². The molecule has 1 fully saturated rings. The Bertz CT molecular complexity index is 637. The second-order valence-corrected chi connectivity index (χ2v) is 6.18. The summed E-state index contributed by atoms with van der Waals surface area (Å²) >= 11 is 0. The average Bonchev–Trinajstić information content (AvgIpc) is 2.66. The lowest BCUT2D eigenvalue weighted by Gasteiger charge is -2.34. The van der Waals surface area contributed by atoms with Crippen LogP contribution in [0.3, 0.4) is 0 Å². The topological polar surface area (TPSA) is 81.8 Å². The first-order chi connectivity index (χ1) is 12.5. The highest BCUT2D eigenvalue weighted by Crippen LogP contribution is 2.04. The summed E-state index contributed by atoms with van der Waals surface area (Å²) in [6, 6.07) is 10.1. The molecule has 1 aliphatic heterocycles. The summed E-state index contributed by atoms with van der Waals surface area (Å²) < 4.78 is 0. The van der Waals surface area contributed by atoms with Crippen LogP contribution in [0.1, 0.15) is 12.5 Å². The summed E-state index contributed by atoms with van der Waals surface area (Å²) in [5, 5.41) is 4.93. The van der Waals surface area contributed by atoms with Crippen LogP contribution in [0, 0.1) is 0 Å². The first-order valence-corrected chi connectivity index (χ1v) is 8.77. The van der Waals surface area contributed by atoms with E-state index in [0.29, 0.717) is 13.1 Å². The predicted molar refractivity (Wildman–Crippen MR) is 100 cm³/mol. The fraction of sp³-hybridized carbons (Fsp3) is 0.421. The molecule has 26 heavy (non-hydrogen) atoms. The van der Waals surface area contributed by atoms with Crippen LogP contribution in [0.15, 0.2) is 36.4 Å². The number of hydrogen-bond donors (Lipinski definition) is 2. The number of hydrogen-bond acceptors (Lipinski definition) is 4. The Hall–Kier alpha value is -2.67. The van der Waals surface area contributed by atoms with Gasteiger partial charge in [0.05, 0.1) is 13.1 Å². The minimum absolute atomic E-state index is 0.0354. The van der Waals surface area contributed by atoms with Gasteiger partial charge in [-0.2, -0.15) is 0 Å². The minimum Gasteiger partial charge on any atom is -0.347 e. The standard InChI is InChI=1S/C19H26N4O3/c1-16(24)20-14-18(25)21-15-19(26)23-12-10-22(11-13-23)9-5-8-17-6-3-2-4-7-17/h2-8H,9-15H2,1H3,(H,20,24)(H,21,25). The van der Waals surface area contributed by atoms with Crippen LogP contribution < -0.4 is 10.6 Å². The molecule has 0 bridgehead atoms. The molecule has 1 aromatic carbocycles. The summed E-state index contributed by atoms with van der Waals surface area (Å²) in [4.78, 5) is 38.4. The molecule has 1 aliphatic rings. The second kappa shape index (κ2) is 10.4. The maximum absolute atomic E-state index is 12.1. The molecule has 7 heteroatoms. The fourth-order valence-corrected chi connectivity index (χ4v) is 2.64. The molecule has 140 valence electrons. The van der Waals surface area contributed by atoms with Gasteiger partial charge in [0.25, 0.3) is 0 Å². The predicted octanol–water partition coefficient (Wildman–Crippen LogP) is 0.0963. The fourth-order valence-electron chi connectivity index (χ4n) is 2.64. The van der Waals surface area contributed by atoms with Gasteiger partial charge in [-0.05, 0) is 5.56 Å². The highest BCUT2D eigenvalue weighted by molar-refractivity contribution is 5.87. The lowest BCUT2D eigenvalue weighted by Crippen LogP contribution is -2.51. The lowest BCUT2D eigenvalue weighted by molar-refractivity contribution is -0.134. The first-order valence-electron chi connectivity index (χ1n) is 8.77. The summed E-state index contributed by atoms with van der Waals surface area (Å²) in [7, 11) is 0. The van der Waals surface area contributed by atoms with E-state index in [4.69, 9.17) is 0 Å². The summed E-state index contributed by atoms with van der Waals surface area (Å²) in [5.74, 6) is -0.734. The Labute approximate surface area is 154 Å². The maximum Gasteiger partial charge on any atom is 0.242 e. The summed E-state index contributed by atoms with van der Waals surface area (Å²) in [5.41, 5.74) is 1.18. The Kier molecular flexibility index (Phi) is 7.82. The first kappa shape index (κ1) is 19.7. The van der Waals surface area contributed by atoms with Gasteiger partial charge in [-0.3, -0.25) is 19.3 Å². The minimum atomic E-state index is -0.363. The maximum atomic E-state index is 12.1. The van der Waals surface area contributed by atoms with Gasteiger partial charge < -0.3 is 15.5 Å². The number of rotatable bonds is 7. The number of piperazine rings is 1. The number of benzene rings is 1. The van der Waals surface area contributed by atoms with E-state index < -0.39 is 0 Å². The Morgan fingerprint density at radius 2 is 1.69 bits per heavy atom. The number of nitrogens with one attached hydrogen (secondary N) is 2. The Morgan fingerprint density at radius 1 is 1.00 bits per heavy atom. The highest BCUT2D eigenvalue weighted by atomic mass is 16.2. The van der Waals surface area contributed by atoms with Crippen LogP contribution in [-0.4, -0.2) is 73.3 Å². The number of nitrogens with zero attached hydrogens (tertiary/aromatic N) is 2. The lowest BCUT2D eigenvalue weighted by atomic mass is 10.2. The number of carbonyl (C=O) groups is 3. The van der Waals surface area contributed by atoms with Crippen molar-refractivity contribution < 1.29 is 14.4 Å². The van der Waals surface area contributed by atoms with Gasteiger partial charge in [-0.1, -0.05) is 42.5 Å². The second-order valence-electron chi connectivity index (χ2n) is 6.18. The van der Waals surface area contributed by atoms with E-state index in [0.717, 1.165) is 19.6 Å². The van der Waals surface area contributed by atoms with E-state index in [1.165, 1.54) is 12.5 Å². The third-order valence-corrected chi connectivity index (χ3v) is 4.13. The van der Waals surface area contributed by atoms with E-state index in [1.807, 2.05) is 18.2 Å². The zero-order valence-corrected chi connectivity index (χ0v) is 15.1. The highest BCUT2D eigenvalue weighted by Gasteiger charge is 2.20. The van der Waals surface area contributed by atoms with E-state index in [2.05, 4.69) is 39.8 Å². The Balaban J connectivity index is 1.64. The molecule has 0 aliphatic carbocycles. The van der Waals surface area contributed by atoms with E-state index in [-0.39, 0.29) is 30.8 Å². The average molecular weight is 358 g/mol. The van der Waals surface area contributed by atoms with Gasteiger partial charge in [0.2, 0.25) is 17.7 Å². The van der Waals surface area contributed by atoms with Crippen molar-refractivity contribution in [1.82, 2.24) is 20.4 Å². The van der Waals surface area contributed by atoms with Gasteiger partial charge in [-0.15, -0.1) is 0 Å². The van der Waals surface area contributed by atoms with Crippen LogP contribution in [-0.2, 0) is 14.4 Å². The van der Waals surface area contributed by atoms with Crippen molar-refractivity contribution in [2.75, 3.05) is 45.8 Å². The van der Waals surface area contributed by atoms with Gasteiger partial charge in [-0.25, -0.2) is 0 Å². The third kappa shape index (κ3) is 7.06. The van der Waals surface area contributed by atoms with E-state index in [1.54, 1.807) is 4.90 Å². The van der Waals surface area contributed by atoms with E-state index >= 15 is 0 Å². The van der Waals surface area contributed by atoms with Crippen molar-refractivity contribution in [3.05, 3.63) is 42.0 Å². The Morgan fingerprint density at radius 3 is 2.35 bits per heavy atom. The zero-order valence-electron chi connectivity index (χ0n) is 15.1. The third-order valence-electron chi connectivity index (χ3n) is 4.13. The van der Waals surface area contributed by atoms with Crippen molar-refractivity contribution in [2.45, 2.75) is 6.92 Å². The summed E-state index contributed by atoms with van der Waals surface area (Å²) in [6.45, 7) is 4.97. The van der Waals surface area contributed by atoms with Crippen LogP contribution >= 0.6 is 0 Å². The molecule has 0 spiro atoms. The van der Waals surface area contributed by atoms with Crippen molar-refractivity contribution in [1.29, 1.82) is 0 Å². The molecule has 1 saturated heterocycles. The molecule has 0 saturated carbocycles. The van der Waals surface area contributed by atoms with Crippen molar-refractivity contribution in [2.24, 2.45) is 0 Å². The smallest absolute Gasteiger partial charge is 0.242 e. The monoisotopic (exact) mass is 358 g/mol. The zero-order chi connectivity index (χ0) is 18.8. The molecule has 2 rings (SSSR count). The molecular weight excluding hydrogens is 332 g/mol. The van der Waals surface area contributed by atoms with Crippen molar-refractivity contribution in [3.63, 3.8) is 0 Å². The normalized spacial score (nSPS) is 15.0.